The minimum absolute atomic E-state index is 0.0399. The predicted octanol–water partition coefficient (Wildman–Crippen LogP) is 2.92. The number of methoxy groups -OCH3 is 1. The molecule has 1 aliphatic heterocycles. The Bertz CT molecular complexity index is 607. The summed E-state index contributed by atoms with van der Waals surface area (Å²) in [7, 11) is 1.64. The number of ether oxygens (including phenoxy) is 1. The van der Waals surface area contributed by atoms with Crippen LogP contribution in [0.15, 0.2) is 24.3 Å². The van der Waals surface area contributed by atoms with Crippen LogP contribution in [0.25, 0.3) is 0 Å². The predicted molar refractivity (Wildman–Crippen MR) is 98.6 cm³/mol. The maximum Gasteiger partial charge on any atom is 0.243 e. The van der Waals surface area contributed by atoms with E-state index in [0.717, 1.165) is 30.6 Å². The van der Waals surface area contributed by atoms with Crippen molar-refractivity contribution >= 4 is 11.8 Å². The molecular formula is C20H30N2O3. The Morgan fingerprint density at radius 2 is 2.04 bits per heavy atom. The lowest BCUT2D eigenvalue weighted by molar-refractivity contribution is -0.142. The number of hydrogen-bond donors (Lipinski definition) is 1. The van der Waals surface area contributed by atoms with Crippen molar-refractivity contribution < 1.29 is 14.3 Å². The zero-order chi connectivity index (χ0) is 18.4. The summed E-state index contributed by atoms with van der Waals surface area (Å²) >= 11 is 0. The molecule has 1 fully saturated rings. The molecule has 1 heterocycles. The van der Waals surface area contributed by atoms with Gasteiger partial charge in [-0.05, 0) is 64.2 Å². The van der Waals surface area contributed by atoms with E-state index in [2.05, 4.69) is 5.32 Å². The first-order chi connectivity index (χ1) is 11.8. The summed E-state index contributed by atoms with van der Waals surface area (Å²) in [5, 5.41) is 3.01. The Morgan fingerprint density at radius 3 is 2.72 bits per heavy atom. The normalized spacial score (nSPS) is 17.9. The molecule has 138 valence electrons. The lowest BCUT2D eigenvalue weighted by atomic mass is 9.98. The molecule has 0 saturated carbocycles. The first-order valence-electron chi connectivity index (χ1n) is 9.04. The summed E-state index contributed by atoms with van der Waals surface area (Å²) in [5.74, 6) is 0.809. The van der Waals surface area contributed by atoms with Gasteiger partial charge in [0.2, 0.25) is 11.8 Å². The van der Waals surface area contributed by atoms with Crippen molar-refractivity contribution in [1.82, 2.24) is 10.2 Å². The van der Waals surface area contributed by atoms with E-state index >= 15 is 0 Å². The summed E-state index contributed by atoms with van der Waals surface area (Å²) in [6.07, 6.45) is 3.76. The van der Waals surface area contributed by atoms with Gasteiger partial charge in [0.1, 0.15) is 11.8 Å². The Labute approximate surface area is 150 Å². The molecular weight excluding hydrogens is 316 g/mol. The second kappa shape index (κ2) is 8.37. The van der Waals surface area contributed by atoms with E-state index in [0.29, 0.717) is 19.4 Å². The van der Waals surface area contributed by atoms with Gasteiger partial charge in [-0.3, -0.25) is 9.59 Å². The second-order valence-corrected chi connectivity index (χ2v) is 7.69. The van der Waals surface area contributed by atoms with E-state index in [9.17, 15) is 9.59 Å². The summed E-state index contributed by atoms with van der Waals surface area (Å²) < 4.78 is 5.22. The molecule has 0 aliphatic carbocycles. The fourth-order valence-corrected chi connectivity index (χ4v) is 3.18. The molecule has 25 heavy (non-hydrogen) atoms. The maximum absolute atomic E-state index is 12.7. The standard InChI is InChI=1S/C20H30N2O3/c1-20(2,3)21-19(24)17-10-5-6-13-22(17)18(23)12-11-15-8-7-9-16(14-15)25-4/h7-9,14,17H,5-6,10-13H2,1-4H3,(H,21,24). The van der Waals surface area contributed by atoms with Crippen LogP contribution in [0, 0.1) is 0 Å². The van der Waals surface area contributed by atoms with Crippen LogP contribution < -0.4 is 10.1 Å². The first kappa shape index (κ1) is 19.3. The first-order valence-corrected chi connectivity index (χ1v) is 9.04. The molecule has 0 spiro atoms. The number of carbonyl (C=O) groups excluding carboxylic acids is 2. The molecule has 0 radical (unpaired) electrons. The van der Waals surface area contributed by atoms with E-state index < -0.39 is 0 Å². The van der Waals surface area contributed by atoms with Crippen molar-refractivity contribution in [2.75, 3.05) is 13.7 Å². The third-order valence-electron chi connectivity index (χ3n) is 4.39. The van der Waals surface area contributed by atoms with E-state index in [1.54, 1.807) is 12.0 Å². The Balaban J connectivity index is 1.98. The van der Waals surface area contributed by atoms with Gasteiger partial charge in [-0.1, -0.05) is 12.1 Å². The number of carbonyl (C=O) groups is 2. The van der Waals surface area contributed by atoms with Gasteiger partial charge in [-0.25, -0.2) is 0 Å². The molecule has 0 bridgehead atoms. The van der Waals surface area contributed by atoms with E-state index in [-0.39, 0.29) is 23.4 Å². The highest BCUT2D eigenvalue weighted by atomic mass is 16.5. The van der Waals surface area contributed by atoms with Crippen LogP contribution in [0.1, 0.15) is 52.0 Å². The number of amides is 2. The summed E-state index contributed by atoms with van der Waals surface area (Å²) in [5.41, 5.74) is 0.782. The molecule has 1 atom stereocenters. The fourth-order valence-electron chi connectivity index (χ4n) is 3.18. The summed E-state index contributed by atoms with van der Waals surface area (Å²) in [6.45, 7) is 6.55. The molecule has 2 amide bonds. The Kier molecular flexibility index (Phi) is 6.45. The number of nitrogens with one attached hydrogen (secondary N) is 1. The lowest BCUT2D eigenvalue weighted by Crippen LogP contribution is -2.55. The zero-order valence-corrected chi connectivity index (χ0v) is 15.8. The van der Waals surface area contributed by atoms with Crippen molar-refractivity contribution in [3.8, 4) is 5.75 Å². The monoisotopic (exact) mass is 346 g/mol. The van der Waals surface area contributed by atoms with Gasteiger partial charge < -0.3 is 15.0 Å². The van der Waals surface area contributed by atoms with Crippen molar-refractivity contribution in [3.05, 3.63) is 29.8 Å². The molecule has 5 heteroatoms. The highest BCUT2D eigenvalue weighted by Gasteiger charge is 2.33. The number of benzene rings is 1. The largest absolute Gasteiger partial charge is 0.497 e. The molecule has 5 nitrogen and oxygen atoms in total. The van der Waals surface area contributed by atoms with Gasteiger partial charge in [-0.15, -0.1) is 0 Å². The SMILES string of the molecule is COc1cccc(CCC(=O)N2CCCCC2C(=O)NC(C)(C)C)c1. The molecule has 2 rings (SSSR count). The summed E-state index contributed by atoms with van der Waals surface area (Å²) in [6, 6.07) is 7.43. The maximum atomic E-state index is 12.7. The van der Waals surface area contributed by atoms with E-state index in [1.807, 2.05) is 45.0 Å². The Hall–Kier alpha value is -2.04. The molecule has 0 aromatic heterocycles. The van der Waals surface area contributed by atoms with Gasteiger partial charge in [0.05, 0.1) is 7.11 Å². The molecule has 1 unspecified atom stereocenters. The number of aryl methyl sites for hydroxylation is 1. The van der Waals surface area contributed by atoms with Crippen LogP contribution in [0.5, 0.6) is 5.75 Å². The smallest absolute Gasteiger partial charge is 0.243 e. The van der Waals surface area contributed by atoms with Gasteiger partial charge in [0.15, 0.2) is 0 Å². The van der Waals surface area contributed by atoms with Crippen molar-refractivity contribution in [2.24, 2.45) is 0 Å². The fraction of sp³-hybridized carbons (Fsp3) is 0.600. The van der Waals surface area contributed by atoms with Gasteiger partial charge in [0.25, 0.3) is 0 Å². The van der Waals surface area contributed by atoms with Crippen LogP contribution in [0.4, 0.5) is 0 Å². The number of hydrogen-bond acceptors (Lipinski definition) is 3. The van der Waals surface area contributed by atoms with Crippen molar-refractivity contribution in [1.29, 1.82) is 0 Å². The third-order valence-corrected chi connectivity index (χ3v) is 4.39. The lowest BCUT2D eigenvalue weighted by Gasteiger charge is -2.36. The highest BCUT2D eigenvalue weighted by Crippen LogP contribution is 2.20. The second-order valence-electron chi connectivity index (χ2n) is 7.69. The Morgan fingerprint density at radius 1 is 1.28 bits per heavy atom. The number of rotatable bonds is 5. The number of nitrogens with zero attached hydrogens (tertiary/aromatic N) is 1. The topological polar surface area (TPSA) is 58.6 Å². The quantitative estimate of drug-likeness (QED) is 0.892. The van der Waals surface area contributed by atoms with Crippen LogP contribution in [-0.4, -0.2) is 41.9 Å². The average molecular weight is 346 g/mol. The number of piperidine rings is 1. The minimum Gasteiger partial charge on any atom is -0.497 e. The average Bonchev–Trinajstić information content (AvgIpc) is 2.58. The zero-order valence-electron chi connectivity index (χ0n) is 15.8. The molecule has 1 aromatic carbocycles. The van der Waals surface area contributed by atoms with Crippen molar-refractivity contribution in [2.45, 2.75) is 64.5 Å². The van der Waals surface area contributed by atoms with Gasteiger partial charge in [-0.2, -0.15) is 0 Å². The van der Waals surface area contributed by atoms with Crippen LogP contribution >= 0.6 is 0 Å². The minimum atomic E-state index is -0.342. The van der Waals surface area contributed by atoms with Crippen molar-refractivity contribution in [3.63, 3.8) is 0 Å². The molecule has 1 aliphatic rings. The van der Waals surface area contributed by atoms with Gasteiger partial charge >= 0.3 is 0 Å². The molecule has 1 aromatic rings. The third kappa shape index (κ3) is 5.76. The molecule has 1 N–H and O–H groups in total. The van der Waals surface area contributed by atoms with Crippen LogP contribution in [0.2, 0.25) is 0 Å². The van der Waals surface area contributed by atoms with Crippen LogP contribution in [-0.2, 0) is 16.0 Å². The summed E-state index contributed by atoms with van der Waals surface area (Å²) in [4.78, 5) is 27.1. The van der Waals surface area contributed by atoms with Crippen LogP contribution in [0.3, 0.4) is 0 Å². The van der Waals surface area contributed by atoms with Gasteiger partial charge in [0, 0.05) is 18.5 Å². The number of likely N-dealkylation sites (tertiary alicyclic amines) is 1. The van der Waals surface area contributed by atoms with E-state index in [1.165, 1.54) is 0 Å². The van der Waals surface area contributed by atoms with E-state index in [4.69, 9.17) is 4.74 Å². The highest BCUT2D eigenvalue weighted by molar-refractivity contribution is 5.88. The molecule has 1 saturated heterocycles.